The van der Waals surface area contributed by atoms with E-state index < -0.39 is 0 Å². The van der Waals surface area contributed by atoms with Gasteiger partial charge in [-0.1, -0.05) is 156 Å². The van der Waals surface area contributed by atoms with Crippen LogP contribution < -0.4 is 4.90 Å². The molecule has 0 aliphatic carbocycles. The standard InChI is InChI=1S/C44H49N2/c1-30-24-31(2)40(32(3)25-30)46-29-45(41(33-18-12-10-13-19-33)42(46)34-20-14-11-15-21-34)39-23-17-16-22-38(39)35-26-36(43(4,5)6)28-37(27-35)44(7,8)9/h10-29,41-42H,1-9H3/q+1/t41-,42-/m0/s1. The lowest BCUT2D eigenvalue weighted by molar-refractivity contribution is -0.482. The Kier molecular flexibility index (Phi) is 8.27. The second kappa shape index (κ2) is 12.1. The van der Waals surface area contributed by atoms with E-state index >= 15 is 0 Å². The minimum absolute atomic E-state index is 0.0347. The zero-order chi connectivity index (χ0) is 32.8. The van der Waals surface area contributed by atoms with Crippen LogP contribution in [0.1, 0.15) is 92.6 Å². The molecule has 1 aliphatic rings. The molecule has 0 unspecified atom stereocenters. The first-order valence-corrected chi connectivity index (χ1v) is 16.7. The summed E-state index contributed by atoms with van der Waals surface area (Å²) in [5.41, 5.74) is 14.3. The fourth-order valence-electron chi connectivity index (χ4n) is 7.15. The zero-order valence-electron chi connectivity index (χ0n) is 29.1. The smallest absolute Gasteiger partial charge is 0.221 e. The summed E-state index contributed by atoms with van der Waals surface area (Å²) in [5, 5.41) is 0. The highest BCUT2D eigenvalue weighted by Gasteiger charge is 2.47. The van der Waals surface area contributed by atoms with Crippen LogP contribution in [0.25, 0.3) is 11.1 Å². The Morgan fingerprint density at radius 3 is 1.61 bits per heavy atom. The van der Waals surface area contributed by atoms with Gasteiger partial charge >= 0.3 is 0 Å². The number of anilines is 1. The van der Waals surface area contributed by atoms with Gasteiger partial charge in [0.15, 0.2) is 12.1 Å². The van der Waals surface area contributed by atoms with Gasteiger partial charge in [0, 0.05) is 16.7 Å². The summed E-state index contributed by atoms with van der Waals surface area (Å²) in [6, 6.07) is 43.1. The Labute approximate surface area is 277 Å². The Balaban J connectivity index is 1.64. The van der Waals surface area contributed by atoms with Gasteiger partial charge in [-0.15, -0.1) is 0 Å². The molecule has 2 atom stereocenters. The van der Waals surface area contributed by atoms with Crippen molar-refractivity contribution in [1.82, 2.24) is 0 Å². The van der Waals surface area contributed by atoms with Crippen LogP contribution in [0, 0.1) is 20.8 Å². The third-order valence-electron chi connectivity index (χ3n) is 9.48. The normalized spacial score (nSPS) is 16.9. The molecule has 0 saturated heterocycles. The van der Waals surface area contributed by atoms with E-state index in [9.17, 15) is 0 Å². The van der Waals surface area contributed by atoms with Crippen molar-refractivity contribution in [1.29, 1.82) is 0 Å². The van der Waals surface area contributed by atoms with Gasteiger partial charge in [0.2, 0.25) is 6.34 Å². The van der Waals surface area contributed by atoms with Crippen molar-refractivity contribution in [3.8, 4) is 11.1 Å². The van der Waals surface area contributed by atoms with Gasteiger partial charge in [-0.2, -0.15) is 0 Å². The number of aryl methyl sites for hydroxylation is 3. The molecule has 0 saturated carbocycles. The molecule has 0 fully saturated rings. The van der Waals surface area contributed by atoms with Gasteiger partial charge in [-0.25, -0.2) is 9.48 Å². The highest BCUT2D eigenvalue weighted by Crippen LogP contribution is 2.48. The van der Waals surface area contributed by atoms with Gasteiger partial charge < -0.3 is 0 Å². The molecule has 0 radical (unpaired) electrons. The molecule has 0 amide bonds. The predicted molar refractivity (Wildman–Crippen MR) is 197 cm³/mol. The van der Waals surface area contributed by atoms with Crippen LogP contribution in [-0.4, -0.2) is 10.9 Å². The van der Waals surface area contributed by atoms with Crippen molar-refractivity contribution in [2.24, 2.45) is 0 Å². The summed E-state index contributed by atoms with van der Waals surface area (Å²) in [7, 11) is 0. The maximum Gasteiger partial charge on any atom is 0.245 e. The van der Waals surface area contributed by atoms with E-state index in [1.165, 1.54) is 61.4 Å². The van der Waals surface area contributed by atoms with Gasteiger partial charge in [0.05, 0.1) is 0 Å². The average Bonchev–Trinajstić information content (AvgIpc) is 3.40. The van der Waals surface area contributed by atoms with Crippen LogP contribution in [-0.2, 0) is 10.8 Å². The van der Waals surface area contributed by atoms with Crippen LogP contribution >= 0.6 is 0 Å². The molecule has 234 valence electrons. The number of para-hydroxylation sites is 1. The lowest BCUT2D eigenvalue weighted by Gasteiger charge is -2.28. The maximum absolute atomic E-state index is 2.54. The summed E-state index contributed by atoms with van der Waals surface area (Å²) in [6.07, 6.45) is 2.39. The Morgan fingerprint density at radius 2 is 1.07 bits per heavy atom. The van der Waals surface area contributed by atoms with Crippen molar-refractivity contribution >= 4 is 17.7 Å². The summed E-state index contributed by atoms with van der Waals surface area (Å²) >= 11 is 0. The summed E-state index contributed by atoms with van der Waals surface area (Å²) in [6.45, 7) is 20.6. The van der Waals surface area contributed by atoms with Crippen molar-refractivity contribution in [3.63, 3.8) is 0 Å². The molecular weight excluding hydrogens is 556 g/mol. The van der Waals surface area contributed by atoms with Crippen LogP contribution in [0.5, 0.6) is 0 Å². The average molecular weight is 606 g/mol. The van der Waals surface area contributed by atoms with Gasteiger partial charge in [0.25, 0.3) is 0 Å². The topological polar surface area (TPSA) is 6.25 Å². The molecule has 1 heterocycles. The van der Waals surface area contributed by atoms with E-state index in [1.807, 2.05) is 0 Å². The lowest BCUT2D eigenvalue weighted by atomic mass is 9.78. The van der Waals surface area contributed by atoms with Crippen molar-refractivity contribution < 1.29 is 4.58 Å². The number of rotatable bonds is 5. The van der Waals surface area contributed by atoms with Crippen LogP contribution in [0.4, 0.5) is 11.4 Å². The Bertz CT molecular complexity index is 1830. The molecule has 0 bridgehead atoms. The minimum Gasteiger partial charge on any atom is -0.221 e. The third kappa shape index (κ3) is 6.06. The molecule has 0 aromatic heterocycles. The first kappa shape index (κ1) is 31.5. The molecule has 5 aromatic carbocycles. The van der Waals surface area contributed by atoms with Crippen LogP contribution in [0.3, 0.4) is 0 Å². The molecule has 5 aromatic rings. The fraction of sp³-hybridized carbons (Fsp3) is 0.295. The summed E-state index contributed by atoms with van der Waals surface area (Å²) < 4.78 is 2.54. The lowest BCUT2D eigenvalue weighted by Crippen LogP contribution is -2.26. The number of benzene rings is 5. The highest BCUT2D eigenvalue weighted by atomic mass is 15.3. The number of hydrogen-bond donors (Lipinski definition) is 0. The zero-order valence-corrected chi connectivity index (χ0v) is 29.1. The van der Waals surface area contributed by atoms with Crippen LogP contribution in [0.15, 0.2) is 115 Å². The number of hydrogen-bond acceptors (Lipinski definition) is 1. The van der Waals surface area contributed by atoms with Crippen molar-refractivity contribution in [3.05, 3.63) is 154 Å². The van der Waals surface area contributed by atoms with E-state index in [4.69, 9.17) is 0 Å². The summed E-state index contributed by atoms with van der Waals surface area (Å²) in [5.74, 6) is 0. The van der Waals surface area contributed by atoms with E-state index in [-0.39, 0.29) is 22.9 Å². The van der Waals surface area contributed by atoms with E-state index in [2.05, 4.69) is 193 Å². The third-order valence-corrected chi connectivity index (χ3v) is 9.48. The summed E-state index contributed by atoms with van der Waals surface area (Å²) in [4.78, 5) is 2.54. The number of nitrogens with zero attached hydrogens (tertiary/aromatic N) is 2. The Hall–Kier alpha value is -4.43. The predicted octanol–water partition coefficient (Wildman–Crippen LogP) is 11.5. The second-order valence-electron chi connectivity index (χ2n) is 15.2. The van der Waals surface area contributed by atoms with Gasteiger partial charge in [-0.05, 0) is 65.5 Å². The molecule has 2 nitrogen and oxygen atoms in total. The highest BCUT2D eigenvalue weighted by molar-refractivity contribution is 5.90. The van der Waals surface area contributed by atoms with Crippen molar-refractivity contribution in [2.75, 3.05) is 4.90 Å². The van der Waals surface area contributed by atoms with Gasteiger partial charge in [-0.3, -0.25) is 0 Å². The molecule has 2 heteroatoms. The largest absolute Gasteiger partial charge is 0.245 e. The van der Waals surface area contributed by atoms with E-state index in [1.54, 1.807) is 0 Å². The SMILES string of the molecule is Cc1cc(C)c([N+]2=CN(c3ccccc3-c3cc(C(C)(C)C)cc(C(C)(C)C)c3)[C@@H](c3ccccc3)[C@@H]2c2ccccc2)c(C)c1. The van der Waals surface area contributed by atoms with Crippen LogP contribution in [0.2, 0.25) is 0 Å². The molecule has 46 heavy (non-hydrogen) atoms. The molecule has 6 rings (SSSR count). The van der Waals surface area contributed by atoms with Crippen molar-refractivity contribution in [2.45, 2.75) is 85.2 Å². The Morgan fingerprint density at radius 1 is 0.565 bits per heavy atom. The molecule has 1 aliphatic heterocycles. The first-order valence-electron chi connectivity index (χ1n) is 16.7. The second-order valence-corrected chi connectivity index (χ2v) is 15.2. The first-order chi connectivity index (χ1) is 21.8. The minimum atomic E-state index is 0.0347. The monoisotopic (exact) mass is 605 g/mol. The molecular formula is C44H49N2+. The molecule has 0 N–H and O–H groups in total. The molecule has 0 spiro atoms. The maximum atomic E-state index is 2.54. The quantitative estimate of drug-likeness (QED) is 0.181. The van der Waals surface area contributed by atoms with E-state index in [0.717, 1.165) is 0 Å². The van der Waals surface area contributed by atoms with Gasteiger partial charge in [0.1, 0.15) is 11.4 Å². The van der Waals surface area contributed by atoms with E-state index in [0.29, 0.717) is 0 Å². The fourth-order valence-corrected chi connectivity index (χ4v) is 7.15.